The normalized spacial score (nSPS) is 10.1. The molecule has 2 rings (SSSR count). The number of aromatic carboxylic acids is 1. The molecule has 2 aromatic carbocycles. The molecule has 0 aromatic heterocycles. The lowest BCUT2D eigenvalue weighted by Gasteiger charge is -2.07. The fourth-order valence-electron chi connectivity index (χ4n) is 1.82. The standard InChI is InChI=1S/C16H14ClNO3/c17-9-15(19)12-5-7-14(8-6-12)18-10-11-1-3-13(4-2-11)16(20)21/h1-8,18H,9-10H2,(H,20,21). The van der Waals surface area contributed by atoms with Gasteiger partial charge in [-0.25, -0.2) is 4.79 Å². The number of halogens is 1. The number of ketones is 1. The minimum atomic E-state index is -0.936. The molecule has 0 amide bonds. The number of hydrogen-bond donors (Lipinski definition) is 2. The quantitative estimate of drug-likeness (QED) is 0.634. The van der Waals surface area contributed by atoms with Gasteiger partial charge < -0.3 is 10.4 Å². The molecule has 4 nitrogen and oxygen atoms in total. The van der Waals surface area contributed by atoms with Crippen molar-refractivity contribution in [2.75, 3.05) is 11.2 Å². The number of rotatable bonds is 6. The lowest BCUT2D eigenvalue weighted by Crippen LogP contribution is -2.03. The maximum Gasteiger partial charge on any atom is 0.335 e. The van der Waals surface area contributed by atoms with E-state index in [1.807, 2.05) is 12.1 Å². The molecule has 0 saturated heterocycles. The smallest absolute Gasteiger partial charge is 0.335 e. The van der Waals surface area contributed by atoms with Crippen molar-refractivity contribution in [3.05, 3.63) is 65.2 Å². The lowest BCUT2D eigenvalue weighted by atomic mass is 10.1. The molecule has 0 aliphatic heterocycles. The minimum absolute atomic E-state index is 0.0251. The molecule has 0 aliphatic carbocycles. The molecule has 0 heterocycles. The van der Waals surface area contributed by atoms with E-state index in [1.54, 1.807) is 36.4 Å². The second-order valence-corrected chi connectivity index (χ2v) is 4.76. The van der Waals surface area contributed by atoms with Gasteiger partial charge in [-0.1, -0.05) is 12.1 Å². The Bertz CT molecular complexity index is 636. The zero-order valence-electron chi connectivity index (χ0n) is 11.2. The number of anilines is 1. The third kappa shape index (κ3) is 4.07. The van der Waals surface area contributed by atoms with Gasteiger partial charge >= 0.3 is 5.97 Å². The highest BCUT2D eigenvalue weighted by atomic mass is 35.5. The van der Waals surface area contributed by atoms with Gasteiger partial charge in [-0.15, -0.1) is 11.6 Å². The minimum Gasteiger partial charge on any atom is -0.478 e. The highest BCUT2D eigenvalue weighted by molar-refractivity contribution is 6.30. The van der Waals surface area contributed by atoms with Gasteiger partial charge in [0.15, 0.2) is 5.78 Å². The first-order chi connectivity index (χ1) is 10.1. The van der Waals surface area contributed by atoms with Crippen molar-refractivity contribution >= 4 is 29.0 Å². The molecule has 108 valence electrons. The Kier molecular flexibility index (Phi) is 4.95. The number of alkyl halides is 1. The van der Waals surface area contributed by atoms with Crippen LogP contribution in [0.1, 0.15) is 26.3 Å². The van der Waals surface area contributed by atoms with Gasteiger partial charge in [-0.3, -0.25) is 4.79 Å². The summed E-state index contributed by atoms with van der Waals surface area (Å²) in [4.78, 5) is 22.1. The SMILES string of the molecule is O=C(O)c1ccc(CNc2ccc(C(=O)CCl)cc2)cc1. The van der Waals surface area contributed by atoms with E-state index >= 15 is 0 Å². The van der Waals surface area contributed by atoms with Crippen molar-refractivity contribution < 1.29 is 14.7 Å². The molecule has 0 radical (unpaired) electrons. The molecule has 0 bridgehead atoms. The number of carboxylic acids is 1. The molecule has 21 heavy (non-hydrogen) atoms. The Hall–Kier alpha value is -2.33. The van der Waals surface area contributed by atoms with E-state index in [0.717, 1.165) is 11.3 Å². The van der Waals surface area contributed by atoms with E-state index in [-0.39, 0.29) is 17.2 Å². The van der Waals surface area contributed by atoms with E-state index in [4.69, 9.17) is 16.7 Å². The van der Waals surface area contributed by atoms with E-state index < -0.39 is 5.97 Å². The van der Waals surface area contributed by atoms with Gasteiger partial charge in [-0.05, 0) is 42.0 Å². The maximum absolute atomic E-state index is 11.4. The second kappa shape index (κ2) is 6.90. The van der Waals surface area contributed by atoms with E-state index in [1.165, 1.54) is 0 Å². The molecule has 0 aliphatic rings. The molecule has 5 heteroatoms. The first-order valence-corrected chi connectivity index (χ1v) is 6.89. The third-order valence-corrected chi connectivity index (χ3v) is 3.27. The van der Waals surface area contributed by atoms with Crippen molar-refractivity contribution in [3.8, 4) is 0 Å². The summed E-state index contributed by atoms with van der Waals surface area (Å²) in [5.41, 5.74) is 2.70. The Balaban J connectivity index is 1.96. The molecule has 0 unspecified atom stereocenters. The van der Waals surface area contributed by atoms with Gasteiger partial charge in [0.05, 0.1) is 11.4 Å². The number of benzene rings is 2. The van der Waals surface area contributed by atoms with Crippen molar-refractivity contribution in [2.45, 2.75) is 6.54 Å². The van der Waals surface area contributed by atoms with Gasteiger partial charge in [-0.2, -0.15) is 0 Å². The number of hydrogen-bond acceptors (Lipinski definition) is 3. The highest BCUT2D eigenvalue weighted by Gasteiger charge is 2.04. The average Bonchev–Trinajstić information content (AvgIpc) is 2.53. The summed E-state index contributed by atoms with van der Waals surface area (Å²) in [6.45, 7) is 0.572. The maximum atomic E-state index is 11.4. The Morgan fingerprint density at radius 1 is 0.952 bits per heavy atom. The van der Waals surface area contributed by atoms with Crippen LogP contribution < -0.4 is 5.32 Å². The Labute approximate surface area is 127 Å². The van der Waals surface area contributed by atoms with Gasteiger partial charge in [0.1, 0.15) is 0 Å². The first kappa shape index (κ1) is 15.1. The monoisotopic (exact) mass is 303 g/mol. The fraction of sp³-hybridized carbons (Fsp3) is 0.125. The number of carbonyl (C=O) groups excluding carboxylic acids is 1. The Morgan fingerprint density at radius 2 is 1.52 bits per heavy atom. The van der Waals surface area contributed by atoms with Gasteiger partial charge in [0.25, 0.3) is 0 Å². The van der Waals surface area contributed by atoms with Crippen LogP contribution in [0.3, 0.4) is 0 Å². The molecule has 0 fully saturated rings. The topological polar surface area (TPSA) is 66.4 Å². The zero-order chi connectivity index (χ0) is 15.2. The van der Waals surface area contributed by atoms with Crippen LogP contribution in [-0.2, 0) is 6.54 Å². The summed E-state index contributed by atoms with van der Waals surface area (Å²) in [5.74, 6) is -1.07. The molecular formula is C16H14ClNO3. The highest BCUT2D eigenvalue weighted by Crippen LogP contribution is 2.13. The number of carbonyl (C=O) groups is 2. The van der Waals surface area contributed by atoms with Crippen molar-refractivity contribution in [1.82, 2.24) is 0 Å². The van der Waals surface area contributed by atoms with Crippen molar-refractivity contribution in [3.63, 3.8) is 0 Å². The largest absolute Gasteiger partial charge is 0.478 e. The molecule has 2 N–H and O–H groups in total. The summed E-state index contributed by atoms with van der Waals surface area (Å²) in [5, 5.41) is 12.0. The van der Waals surface area contributed by atoms with Crippen LogP contribution in [0.4, 0.5) is 5.69 Å². The van der Waals surface area contributed by atoms with Gasteiger partial charge in [0, 0.05) is 17.8 Å². The van der Waals surface area contributed by atoms with E-state index in [9.17, 15) is 9.59 Å². The molecular weight excluding hydrogens is 290 g/mol. The van der Waals surface area contributed by atoms with Crippen LogP contribution >= 0.6 is 11.6 Å². The Morgan fingerprint density at radius 3 is 2.05 bits per heavy atom. The zero-order valence-corrected chi connectivity index (χ0v) is 11.9. The van der Waals surface area contributed by atoms with Gasteiger partial charge in [0.2, 0.25) is 0 Å². The van der Waals surface area contributed by atoms with Crippen LogP contribution in [0.2, 0.25) is 0 Å². The van der Waals surface area contributed by atoms with Crippen LogP contribution in [0, 0.1) is 0 Å². The average molecular weight is 304 g/mol. The van der Waals surface area contributed by atoms with Crippen LogP contribution in [0.25, 0.3) is 0 Å². The number of nitrogens with one attached hydrogen (secondary N) is 1. The third-order valence-electron chi connectivity index (χ3n) is 3.03. The predicted octanol–water partition coefficient (Wildman–Crippen LogP) is 3.42. The molecule has 2 aromatic rings. The summed E-state index contributed by atoms with van der Waals surface area (Å²) in [6, 6.07) is 13.7. The lowest BCUT2D eigenvalue weighted by molar-refractivity contribution is 0.0696. The fourth-order valence-corrected chi connectivity index (χ4v) is 1.97. The molecule has 0 saturated carbocycles. The van der Waals surface area contributed by atoms with E-state index in [2.05, 4.69) is 5.32 Å². The predicted molar refractivity (Wildman–Crippen MR) is 82.2 cm³/mol. The second-order valence-electron chi connectivity index (χ2n) is 4.49. The van der Waals surface area contributed by atoms with Crippen LogP contribution in [0.15, 0.2) is 48.5 Å². The summed E-state index contributed by atoms with van der Waals surface area (Å²) >= 11 is 5.50. The first-order valence-electron chi connectivity index (χ1n) is 6.35. The molecule has 0 spiro atoms. The summed E-state index contributed by atoms with van der Waals surface area (Å²) in [7, 11) is 0. The van der Waals surface area contributed by atoms with Crippen LogP contribution in [-0.4, -0.2) is 22.7 Å². The van der Waals surface area contributed by atoms with E-state index in [0.29, 0.717) is 12.1 Å². The molecule has 0 atom stereocenters. The summed E-state index contributed by atoms with van der Waals surface area (Å²) in [6.07, 6.45) is 0. The summed E-state index contributed by atoms with van der Waals surface area (Å²) < 4.78 is 0. The number of carboxylic acid groups (broad SMARTS) is 1. The van der Waals surface area contributed by atoms with Crippen molar-refractivity contribution in [2.24, 2.45) is 0 Å². The number of Topliss-reactive ketones (excluding diaryl/α,β-unsaturated/α-hetero) is 1. The van der Waals surface area contributed by atoms with Crippen molar-refractivity contribution in [1.29, 1.82) is 0 Å². The van der Waals surface area contributed by atoms with Crippen LogP contribution in [0.5, 0.6) is 0 Å².